The highest BCUT2D eigenvalue weighted by molar-refractivity contribution is 6.04. The molecule has 0 fully saturated rings. The van der Waals surface area contributed by atoms with Crippen LogP contribution in [0.3, 0.4) is 0 Å². The minimum Gasteiger partial charge on any atom is -0.393 e. The largest absolute Gasteiger partial charge is 0.393 e. The molecule has 4 rings (SSSR count). The van der Waals surface area contributed by atoms with E-state index in [0.717, 1.165) is 11.1 Å². The lowest BCUT2D eigenvalue weighted by molar-refractivity contribution is 0.102. The van der Waals surface area contributed by atoms with Gasteiger partial charge in [-0.2, -0.15) is 4.98 Å². The van der Waals surface area contributed by atoms with Crippen LogP contribution in [0, 0.1) is 6.92 Å². The van der Waals surface area contributed by atoms with Crippen LogP contribution in [0.4, 0.5) is 5.69 Å². The van der Waals surface area contributed by atoms with Crippen LogP contribution in [0.2, 0.25) is 0 Å². The second-order valence-corrected chi connectivity index (χ2v) is 6.96. The lowest BCUT2D eigenvalue weighted by Crippen LogP contribution is -2.15. The number of carbonyl (C=O) groups is 1. The third-order valence-electron chi connectivity index (χ3n) is 4.64. The summed E-state index contributed by atoms with van der Waals surface area (Å²) in [6.45, 7) is 3.63. The van der Waals surface area contributed by atoms with Crippen molar-refractivity contribution in [1.82, 2.24) is 19.5 Å². The number of hydrogen-bond donors (Lipinski definition) is 2. The zero-order valence-corrected chi connectivity index (χ0v) is 16.2. The minimum absolute atomic E-state index is 0.255. The van der Waals surface area contributed by atoms with Gasteiger partial charge in [0.1, 0.15) is 11.3 Å². The molecule has 8 heteroatoms. The van der Waals surface area contributed by atoms with E-state index in [2.05, 4.69) is 20.4 Å². The predicted octanol–water partition coefficient (Wildman–Crippen LogP) is 3.26. The van der Waals surface area contributed by atoms with Crippen molar-refractivity contribution in [3.8, 4) is 11.4 Å². The second kappa shape index (κ2) is 7.84. The van der Waals surface area contributed by atoms with Crippen molar-refractivity contribution in [3.63, 3.8) is 0 Å². The Hall–Kier alpha value is -3.52. The maximum Gasteiger partial charge on any atom is 0.274 e. The Balaban J connectivity index is 1.56. The van der Waals surface area contributed by atoms with Gasteiger partial charge in [-0.05, 0) is 44.0 Å². The number of aryl methyl sites for hydroxylation is 2. The van der Waals surface area contributed by atoms with Crippen molar-refractivity contribution >= 4 is 17.2 Å². The van der Waals surface area contributed by atoms with Crippen molar-refractivity contribution < 1.29 is 14.4 Å². The van der Waals surface area contributed by atoms with Crippen LogP contribution < -0.4 is 5.32 Å². The Labute approximate surface area is 167 Å². The first-order valence-corrected chi connectivity index (χ1v) is 9.36. The SMILES string of the molecule is Cc1ccc(-c2noc(CCC(C)O)n2)cc1NC(=O)c1cnc2ccccn12. The van der Waals surface area contributed by atoms with E-state index in [1.165, 1.54) is 0 Å². The molecule has 1 unspecified atom stereocenters. The first kappa shape index (κ1) is 18.8. The molecule has 4 aromatic rings. The van der Waals surface area contributed by atoms with Crippen LogP contribution in [0.5, 0.6) is 0 Å². The van der Waals surface area contributed by atoms with E-state index in [1.54, 1.807) is 23.7 Å². The molecule has 29 heavy (non-hydrogen) atoms. The van der Waals surface area contributed by atoms with Gasteiger partial charge in [-0.3, -0.25) is 9.20 Å². The topological polar surface area (TPSA) is 106 Å². The van der Waals surface area contributed by atoms with E-state index in [9.17, 15) is 9.90 Å². The Bertz CT molecular complexity index is 1160. The number of aliphatic hydroxyl groups excluding tert-OH is 1. The van der Waals surface area contributed by atoms with E-state index >= 15 is 0 Å². The van der Waals surface area contributed by atoms with Crippen LogP contribution in [-0.4, -0.2) is 36.6 Å². The predicted molar refractivity (Wildman–Crippen MR) is 108 cm³/mol. The number of fused-ring (bicyclic) bond motifs is 1. The Morgan fingerprint density at radius 3 is 3.00 bits per heavy atom. The number of benzene rings is 1. The van der Waals surface area contributed by atoms with Gasteiger partial charge in [0.15, 0.2) is 0 Å². The molecule has 3 aromatic heterocycles. The van der Waals surface area contributed by atoms with Gasteiger partial charge in [0.25, 0.3) is 5.91 Å². The van der Waals surface area contributed by atoms with Gasteiger partial charge in [-0.15, -0.1) is 0 Å². The van der Waals surface area contributed by atoms with Crippen molar-refractivity contribution in [2.45, 2.75) is 32.8 Å². The molecule has 0 saturated heterocycles. The Kier molecular flexibility index (Phi) is 5.09. The second-order valence-electron chi connectivity index (χ2n) is 6.96. The van der Waals surface area contributed by atoms with E-state index in [4.69, 9.17) is 4.52 Å². The standard InChI is InChI=1S/C21H21N5O3/c1-13-6-8-15(20-24-19(29-25-20)9-7-14(2)27)11-16(13)23-21(28)17-12-22-18-5-3-4-10-26(17)18/h3-6,8,10-12,14,27H,7,9H2,1-2H3,(H,23,28). The summed E-state index contributed by atoms with van der Waals surface area (Å²) in [5.41, 5.74) is 3.46. The number of amides is 1. The molecule has 1 atom stereocenters. The average molecular weight is 391 g/mol. The number of pyridine rings is 1. The van der Waals surface area contributed by atoms with Gasteiger partial charge in [-0.25, -0.2) is 4.98 Å². The molecule has 0 aliphatic carbocycles. The number of hydrogen-bond acceptors (Lipinski definition) is 6. The van der Waals surface area contributed by atoms with Crippen molar-refractivity contribution in [1.29, 1.82) is 0 Å². The summed E-state index contributed by atoms with van der Waals surface area (Å²) in [7, 11) is 0. The van der Waals surface area contributed by atoms with Crippen molar-refractivity contribution in [2.24, 2.45) is 0 Å². The monoisotopic (exact) mass is 391 g/mol. The lowest BCUT2D eigenvalue weighted by atomic mass is 10.1. The highest BCUT2D eigenvalue weighted by atomic mass is 16.5. The molecule has 3 heterocycles. The zero-order valence-electron chi connectivity index (χ0n) is 16.2. The molecule has 0 aliphatic heterocycles. The normalized spacial score (nSPS) is 12.2. The van der Waals surface area contributed by atoms with Gasteiger partial charge in [0.05, 0.1) is 12.3 Å². The van der Waals surface area contributed by atoms with Crippen LogP contribution in [0.15, 0.2) is 53.3 Å². The molecule has 0 bridgehead atoms. The fourth-order valence-corrected chi connectivity index (χ4v) is 2.99. The third kappa shape index (κ3) is 4.02. The number of nitrogens with zero attached hydrogens (tertiary/aromatic N) is 4. The minimum atomic E-state index is -0.425. The zero-order chi connectivity index (χ0) is 20.4. The number of aromatic nitrogens is 4. The van der Waals surface area contributed by atoms with Gasteiger partial charge in [0, 0.05) is 23.9 Å². The van der Waals surface area contributed by atoms with Crippen LogP contribution in [0.25, 0.3) is 17.0 Å². The van der Waals surface area contributed by atoms with Crippen LogP contribution in [0.1, 0.15) is 35.3 Å². The van der Waals surface area contributed by atoms with Gasteiger partial charge < -0.3 is 14.9 Å². The van der Waals surface area contributed by atoms with Crippen LogP contribution >= 0.6 is 0 Å². The number of anilines is 1. The van der Waals surface area contributed by atoms with Crippen molar-refractivity contribution in [2.75, 3.05) is 5.32 Å². The summed E-state index contributed by atoms with van der Waals surface area (Å²) in [4.78, 5) is 21.4. The molecule has 0 aliphatic rings. The fourth-order valence-electron chi connectivity index (χ4n) is 2.99. The number of rotatable bonds is 6. The third-order valence-corrected chi connectivity index (χ3v) is 4.64. The van der Waals surface area contributed by atoms with Gasteiger partial charge in [-0.1, -0.05) is 23.4 Å². The smallest absolute Gasteiger partial charge is 0.274 e. The molecular formula is C21H21N5O3. The number of aliphatic hydroxyl groups is 1. The molecule has 148 valence electrons. The van der Waals surface area contributed by atoms with E-state index in [0.29, 0.717) is 41.6 Å². The van der Waals surface area contributed by atoms with Crippen molar-refractivity contribution in [3.05, 3.63) is 65.9 Å². The van der Waals surface area contributed by atoms with E-state index in [-0.39, 0.29) is 5.91 Å². The highest BCUT2D eigenvalue weighted by Crippen LogP contribution is 2.24. The number of imidazole rings is 1. The number of carbonyl (C=O) groups excluding carboxylic acids is 1. The summed E-state index contributed by atoms with van der Waals surface area (Å²) < 4.78 is 6.99. The summed E-state index contributed by atoms with van der Waals surface area (Å²) in [5, 5.41) is 16.3. The highest BCUT2D eigenvalue weighted by Gasteiger charge is 2.15. The summed E-state index contributed by atoms with van der Waals surface area (Å²) in [6.07, 6.45) is 3.99. The Morgan fingerprint density at radius 1 is 1.31 bits per heavy atom. The first-order chi connectivity index (χ1) is 14.0. The molecular weight excluding hydrogens is 370 g/mol. The summed E-state index contributed by atoms with van der Waals surface area (Å²) >= 11 is 0. The van der Waals surface area contributed by atoms with Crippen LogP contribution in [-0.2, 0) is 6.42 Å². The quantitative estimate of drug-likeness (QED) is 0.523. The van der Waals surface area contributed by atoms with E-state index in [1.807, 2.05) is 43.3 Å². The molecule has 1 aromatic carbocycles. The lowest BCUT2D eigenvalue weighted by Gasteiger charge is -2.09. The molecule has 2 N–H and O–H groups in total. The van der Waals surface area contributed by atoms with E-state index < -0.39 is 6.10 Å². The maximum absolute atomic E-state index is 12.8. The summed E-state index contributed by atoms with van der Waals surface area (Å²) in [5.74, 6) is 0.656. The Morgan fingerprint density at radius 2 is 2.17 bits per heavy atom. The average Bonchev–Trinajstić information content (AvgIpc) is 3.35. The molecule has 0 radical (unpaired) electrons. The fraction of sp³-hybridized carbons (Fsp3) is 0.238. The maximum atomic E-state index is 12.8. The molecule has 8 nitrogen and oxygen atoms in total. The van der Waals surface area contributed by atoms with Gasteiger partial charge >= 0.3 is 0 Å². The number of nitrogens with one attached hydrogen (secondary N) is 1. The molecule has 1 amide bonds. The molecule has 0 saturated carbocycles. The van der Waals surface area contributed by atoms with Gasteiger partial charge in [0.2, 0.25) is 11.7 Å². The summed E-state index contributed by atoms with van der Waals surface area (Å²) in [6, 6.07) is 11.2. The first-order valence-electron chi connectivity index (χ1n) is 9.36. The molecule has 0 spiro atoms.